The summed E-state index contributed by atoms with van der Waals surface area (Å²) in [4.78, 5) is 22.1. The Bertz CT molecular complexity index is 255. The van der Waals surface area contributed by atoms with E-state index >= 15 is 0 Å². The summed E-state index contributed by atoms with van der Waals surface area (Å²) in [6.07, 6.45) is 3.55. The Morgan fingerprint density at radius 2 is 2.50 bits per heavy atom. The quantitative estimate of drug-likeness (QED) is 0.549. The molecule has 1 aliphatic heterocycles. The zero-order valence-electron chi connectivity index (χ0n) is 7.66. The van der Waals surface area contributed by atoms with E-state index in [2.05, 4.69) is 10.6 Å². The molecule has 0 aromatic rings. The second-order valence-electron chi connectivity index (χ2n) is 2.75. The van der Waals surface area contributed by atoms with Crippen molar-refractivity contribution in [2.75, 3.05) is 18.8 Å². The molecule has 2 amide bonds. The molecule has 0 aromatic carbocycles. The fourth-order valence-corrected chi connectivity index (χ4v) is 1.77. The number of carbonyl (C=O) groups is 2. The first-order valence-corrected chi connectivity index (χ1v) is 5.28. The van der Waals surface area contributed by atoms with Crippen molar-refractivity contribution in [3.8, 4) is 0 Å². The van der Waals surface area contributed by atoms with Gasteiger partial charge in [0.05, 0.1) is 0 Å². The van der Waals surface area contributed by atoms with Gasteiger partial charge in [0.1, 0.15) is 6.04 Å². The lowest BCUT2D eigenvalue weighted by Crippen LogP contribution is -2.42. The minimum Gasteiger partial charge on any atom is -0.351 e. The summed E-state index contributed by atoms with van der Waals surface area (Å²) in [6, 6.07) is -0.390. The van der Waals surface area contributed by atoms with Gasteiger partial charge >= 0.3 is 0 Å². The zero-order valence-corrected chi connectivity index (χ0v) is 8.47. The lowest BCUT2D eigenvalue weighted by Gasteiger charge is -2.07. The maximum absolute atomic E-state index is 11.3. The number of thioether (sulfide) groups is 1. The highest BCUT2D eigenvalue weighted by atomic mass is 32.2. The van der Waals surface area contributed by atoms with Crippen LogP contribution in [0.4, 0.5) is 4.79 Å². The number of hydrogen-bond donors (Lipinski definition) is 3. The van der Waals surface area contributed by atoms with Crippen molar-refractivity contribution >= 4 is 22.9 Å². The van der Waals surface area contributed by atoms with Crippen molar-refractivity contribution in [1.29, 1.82) is 0 Å². The molecule has 1 rings (SSSR count). The molecule has 78 valence electrons. The van der Waals surface area contributed by atoms with Crippen LogP contribution in [0, 0.1) is 0 Å². The van der Waals surface area contributed by atoms with Crippen molar-refractivity contribution in [1.82, 2.24) is 10.6 Å². The van der Waals surface area contributed by atoms with Gasteiger partial charge in [-0.05, 0) is 0 Å². The van der Waals surface area contributed by atoms with Crippen LogP contribution in [0.1, 0.15) is 0 Å². The maximum atomic E-state index is 11.3. The number of rotatable bonds is 4. The molecule has 1 unspecified atom stereocenters. The van der Waals surface area contributed by atoms with E-state index in [1.54, 1.807) is 12.2 Å². The number of nitrogens with two attached hydrogens (primary N) is 1. The van der Waals surface area contributed by atoms with Gasteiger partial charge < -0.3 is 16.4 Å². The molecule has 1 heterocycles. The van der Waals surface area contributed by atoms with Gasteiger partial charge in [-0.3, -0.25) is 9.59 Å². The average molecular weight is 215 g/mol. The summed E-state index contributed by atoms with van der Waals surface area (Å²) in [5.74, 6) is 0.357. The van der Waals surface area contributed by atoms with Crippen LogP contribution in [0.3, 0.4) is 0 Å². The highest BCUT2D eigenvalue weighted by Gasteiger charge is 2.27. The van der Waals surface area contributed by atoms with Crippen LogP contribution in [-0.4, -0.2) is 36.0 Å². The Kier molecular flexibility index (Phi) is 4.48. The SMILES string of the molecule is NC/C=C/CNC(=O)C1CSC(=O)N1. The molecule has 6 heteroatoms. The van der Waals surface area contributed by atoms with Crippen LogP contribution in [-0.2, 0) is 4.79 Å². The van der Waals surface area contributed by atoms with Crippen LogP contribution in [0.15, 0.2) is 12.2 Å². The Labute approximate surface area is 86.5 Å². The summed E-state index contributed by atoms with van der Waals surface area (Å²) < 4.78 is 0. The van der Waals surface area contributed by atoms with Gasteiger partial charge in [0.25, 0.3) is 5.24 Å². The maximum Gasteiger partial charge on any atom is 0.279 e. The normalized spacial score (nSPS) is 21.2. The molecule has 1 aliphatic rings. The fraction of sp³-hybridized carbons (Fsp3) is 0.500. The first-order valence-electron chi connectivity index (χ1n) is 4.30. The molecule has 0 radical (unpaired) electrons. The van der Waals surface area contributed by atoms with Gasteiger partial charge in [-0.15, -0.1) is 0 Å². The summed E-state index contributed by atoms with van der Waals surface area (Å²) in [5.41, 5.74) is 5.23. The highest BCUT2D eigenvalue weighted by molar-refractivity contribution is 8.14. The van der Waals surface area contributed by atoms with Gasteiger partial charge in [-0.1, -0.05) is 23.9 Å². The molecule has 0 aliphatic carbocycles. The second-order valence-corrected chi connectivity index (χ2v) is 3.74. The predicted octanol–water partition coefficient (Wildman–Crippen LogP) is -0.558. The van der Waals surface area contributed by atoms with E-state index in [4.69, 9.17) is 5.73 Å². The minimum atomic E-state index is -0.390. The summed E-state index contributed by atoms with van der Waals surface area (Å²) in [7, 11) is 0. The van der Waals surface area contributed by atoms with Crippen LogP contribution in [0.25, 0.3) is 0 Å². The Balaban J connectivity index is 2.22. The lowest BCUT2D eigenvalue weighted by atomic mass is 10.3. The lowest BCUT2D eigenvalue weighted by molar-refractivity contribution is -0.122. The molecule has 0 aromatic heterocycles. The topological polar surface area (TPSA) is 84.2 Å². The second kappa shape index (κ2) is 5.66. The van der Waals surface area contributed by atoms with E-state index in [0.717, 1.165) is 11.8 Å². The predicted molar refractivity (Wildman–Crippen MR) is 56.0 cm³/mol. The van der Waals surface area contributed by atoms with Crippen LogP contribution < -0.4 is 16.4 Å². The third-order valence-corrected chi connectivity index (χ3v) is 2.57. The molecule has 0 saturated carbocycles. The zero-order chi connectivity index (χ0) is 10.4. The molecule has 5 nitrogen and oxygen atoms in total. The number of hydrogen-bond acceptors (Lipinski definition) is 4. The van der Waals surface area contributed by atoms with Gasteiger partial charge in [-0.25, -0.2) is 0 Å². The number of carbonyl (C=O) groups excluding carboxylic acids is 2. The van der Waals surface area contributed by atoms with Crippen LogP contribution in [0.5, 0.6) is 0 Å². The molecular weight excluding hydrogens is 202 g/mol. The summed E-state index contributed by atoms with van der Waals surface area (Å²) in [6.45, 7) is 0.916. The molecule has 0 spiro atoms. The molecule has 14 heavy (non-hydrogen) atoms. The largest absolute Gasteiger partial charge is 0.351 e. The van der Waals surface area contributed by atoms with Crippen molar-refractivity contribution < 1.29 is 9.59 Å². The molecule has 1 saturated heterocycles. The van der Waals surface area contributed by atoms with Crippen molar-refractivity contribution in [2.24, 2.45) is 5.73 Å². The number of amides is 2. The molecule has 1 fully saturated rings. The molecule has 1 atom stereocenters. The monoisotopic (exact) mass is 215 g/mol. The standard InChI is InChI=1S/C8H13N3O2S/c9-3-1-2-4-10-7(12)6-5-14-8(13)11-6/h1-2,6H,3-5,9H2,(H,10,12)(H,11,13)/b2-1+. The van der Waals surface area contributed by atoms with Gasteiger partial charge in [-0.2, -0.15) is 0 Å². The van der Waals surface area contributed by atoms with E-state index in [1.807, 2.05) is 0 Å². The summed E-state index contributed by atoms with van der Waals surface area (Å²) >= 11 is 1.13. The Morgan fingerprint density at radius 1 is 1.71 bits per heavy atom. The fourth-order valence-electron chi connectivity index (χ4n) is 0.988. The van der Waals surface area contributed by atoms with Crippen LogP contribution >= 0.6 is 11.8 Å². The molecule has 4 N–H and O–H groups in total. The van der Waals surface area contributed by atoms with Gasteiger partial charge in [0, 0.05) is 18.8 Å². The third kappa shape index (κ3) is 3.39. The first kappa shape index (κ1) is 11.1. The van der Waals surface area contributed by atoms with Crippen molar-refractivity contribution in [2.45, 2.75) is 6.04 Å². The van der Waals surface area contributed by atoms with E-state index in [0.29, 0.717) is 18.8 Å². The molecular formula is C8H13N3O2S. The van der Waals surface area contributed by atoms with E-state index < -0.39 is 6.04 Å². The van der Waals surface area contributed by atoms with E-state index in [1.165, 1.54) is 0 Å². The van der Waals surface area contributed by atoms with Crippen molar-refractivity contribution in [3.63, 3.8) is 0 Å². The summed E-state index contributed by atoms with van der Waals surface area (Å²) in [5, 5.41) is 5.09. The molecule has 0 bridgehead atoms. The Morgan fingerprint density at radius 3 is 3.07 bits per heavy atom. The van der Waals surface area contributed by atoms with E-state index in [9.17, 15) is 9.59 Å². The third-order valence-electron chi connectivity index (χ3n) is 1.69. The van der Waals surface area contributed by atoms with Crippen LogP contribution in [0.2, 0.25) is 0 Å². The average Bonchev–Trinajstić information content (AvgIpc) is 2.59. The minimum absolute atomic E-state index is 0.136. The number of nitrogens with one attached hydrogen (secondary N) is 2. The smallest absolute Gasteiger partial charge is 0.279 e. The van der Waals surface area contributed by atoms with Gasteiger partial charge in [0.2, 0.25) is 5.91 Å². The Hall–Kier alpha value is -1.01. The van der Waals surface area contributed by atoms with Gasteiger partial charge in [0.15, 0.2) is 0 Å². The first-order chi connectivity index (χ1) is 6.74. The highest BCUT2D eigenvalue weighted by Crippen LogP contribution is 2.12. The van der Waals surface area contributed by atoms with Crippen molar-refractivity contribution in [3.05, 3.63) is 12.2 Å². The van der Waals surface area contributed by atoms with E-state index in [-0.39, 0.29) is 11.1 Å².